The van der Waals surface area contributed by atoms with Crippen LogP contribution >= 0.6 is 23.2 Å². The van der Waals surface area contributed by atoms with E-state index in [0.717, 1.165) is 23.8 Å². The van der Waals surface area contributed by atoms with Crippen LogP contribution < -0.4 is 4.74 Å². The summed E-state index contributed by atoms with van der Waals surface area (Å²) in [5.74, 6) is -1.39. The maximum Gasteiger partial charge on any atom is 0.416 e. The normalized spacial score (nSPS) is 11.0. The molecule has 0 atom stereocenters. The lowest BCUT2D eigenvalue weighted by Crippen LogP contribution is -2.09. The molecule has 160 valence electrons. The van der Waals surface area contributed by atoms with Gasteiger partial charge < -0.3 is 9.47 Å². The third-order valence-electron chi connectivity index (χ3n) is 3.64. The van der Waals surface area contributed by atoms with Gasteiger partial charge in [0.15, 0.2) is 5.75 Å². The van der Waals surface area contributed by atoms with Crippen LogP contribution in [0.15, 0.2) is 42.0 Å². The van der Waals surface area contributed by atoms with Crippen molar-refractivity contribution in [3.05, 3.63) is 73.3 Å². The number of esters is 1. The van der Waals surface area contributed by atoms with Crippen LogP contribution in [0.5, 0.6) is 11.5 Å². The molecule has 0 radical (unpaired) electrons. The number of halogens is 5. The summed E-state index contributed by atoms with van der Waals surface area (Å²) >= 11 is 11.7. The molecular weight excluding hydrogens is 450 g/mol. The van der Waals surface area contributed by atoms with Gasteiger partial charge in [-0.15, -0.1) is 0 Å². The van der Waals surface area contributed by atoms with Crippen LogP contribution in [0.3, 0.4) is 0 Å². The van der Waals surface area contributed by atoms with Gasteiger partial charge in [-0.05, 0) is 38.1 Å². The second-order valence-corrected chi connectivity index (χ2v) is 7.00. The maximum absolute atomic E-state index is 12.8. The van der Waals surface area contributed by atoms with Crippen molar-refractivity contribution in [2.24, 2.45) is 0 Å². The van der Waals surface area contributed by atoms with Gasteiger partial charge in [0, 0.05) is 12.1 Å². The molecule has 2 aromatic carbocycles. The van der Waals surface area contributed by atoms with Crippen molar-refractivity contribution < 1.29 is 32.4 Å². The molecule has 6 nitrogen and oxygen atoms in total. The van der Waals surface area contributed by atoms with Gasteiger partial charge in [-0.2, -0.15) is 13.2 Å². The van der Waals surface area contributed by atoms with Gasteiger partial charge in [-0.25, -0.2) is 4.79 Å². The first-order valence-electron chi connectivity index (χ1n) is 8.23. The second-order valence-electron chi connectivity index (χ2n) is 6.18. The number of rotatable bonds is 6. The minimum absolute atomic E-state index is 0.0973. The SMILES string of the molecule is CC(C)=CCOC(=O)c1cc(Oc2c(Cl)cc(C(F)(F)F)cc2Cl)ccc1[N+](=O)[O-]. The van der Waals surface area contributed by atoms with Crippen LogP contribution in [0.25, 0.3) is 0 Å². The Kier molecular flexibility index (Phi) is 7.33. The van der Waals surface area contributed by atoms with Gasteiger partial charge >= 0.3 is 12.1 Å². The zero-order chi connectivity index (χ0) is 22.6. The first kappa shape index (κ1) is 23.5. The molecule has 0 N–H and O–H groups in total. The van der Waals surface area contributed by atoms with Gasteiger partial charge in [-0.1, -0.05) is 28.8 Å². The first-order chi connectivity index (χ1) is 13.9. The van der Waals surface area contributed by atoms with Gasteiger partial charge in [-0.3, -0.25) is 10.1 Å². The highest BCUT2D eigenvalue weighted by atomic mass is 35.5. The number of ether oxygens (including phenoxy) is 2. The fraction of sp³-hybridized carbons (Fsp3) is 0.211. The van der Waals surface area contributed by atoms with Crippen LogP contribution in [0.1, 0.15) is 29.8 Å². The van der Waals surface area contributed by atoms with Crippen LogP contribution in [0, 0.1) is 10.1 Å². The smallest absolute Gasteiger partial charge is 0.416 e. The molecule has 0 aliphatic heterocycles. The van der Waals surface area contributed by atoms with E-state index < -0.39 is 43.9 Å². The van der Waals surface area contributed by atoms with Crippen LogP contribution in [0.4, 0.5) is 18.9 Å². The summed E-state index contributed by atoms with van der Waals surface area (Å²) in [4.78, 5) is 22.7. The Morgan fingerprint density at radius 3 is 2.27 bits per heavy atom. The monoisotopic (exact) mass is 463 g/mol. The second kappa shape index (κ2) is 9.36. The average Bonchev–Trinajstić information content (AvgIpc) is 2.63. The summed E-state index contributed by atoms with van der Waals surface area (Å²) in [7, 11) is 0. The summed E-state index contributed by atoms with van der Waals surface area (Å²) < 4.78 is 48.9. The average molecular weight is 464 g/mol. The van der Waals surface area contributed by atoms with Crippen molar-refractivity contribution in [1.82, 2.24) is 0 Å². The molecule has 0 unspecified atom stereocenters. The Hall–Kier alpha value is -2.78. The zero-order valence-corrected chi connectivity index (χ0v) is 17.1. The van der Waals surface area contributed by atoms with Gasteiger partial charge in [0.25, 0.3) is 5.69 Å². The first-order valence-corrected chi connectivity index (χ1v) is 8.98. The van der Waals surface area contributed by atoms with E-state index >= 15 is 0 Å². The molecule has 0 saturated carbocycles. The molecule has 0 aromatic heterocycles. The Labute approximate surface area is 178 Å². The van der Waals surface area contributed by atoms with E-state index in [9.17, 15) is 28.1 Å². The molecule has 0 heterocycles. The van der Waals surface area contributed by atoms with Crippen molar-refractivity contribution in [2.45, 2.75) is 20.0 Å². The fourth-order valence-electron chi connectivity index (χ4n) is 2.20. The van der Waals surface area contributed by atoms with Crippen molar-refractivity contribution in [3.63, 3.8) is 0 Å². The maximum atomic E-state index is 12.8. The minimum atomic E-state index is -4.67. The third kappa shape index (κ3) is 5.87. The molecule has 0 aliphatic carbocycles. The number of hydrogen-bond donors (Lipinski definition) is 0. The number of carbonyl (C=O) groups is 1. The summed E-state index contributed by atoms with van der Waals surface area (Å²) in [6, 6.07) is 4.42. The molecule has 11 heteroatoms. The van der Waals surface area contributed by atoms with Crippen molar-refractivity contribution in [2.75, 3.05) is 6.61 Å². The van der Waals surface area contributed by atoms with E-state index in [1.54, 1.807) is 19.9 Å². The standard InChI is InChI=1S/C19H14Cl2F3NO5/c1-10(2)5-6-29-18(26)13-9-12(3-4-16(13)25(27)28)30-17-14(20)7-11(8-15(17)21)19(22,23)24/h3-5,7-9H,6H2,1-2H3. The highest BCUT2D eigenvalue weighted by Crippen LogP contribution is 2.42. The summed E-state index contributed by atoms with van der Waals surface area (Å²) in [6.07, 6.45) is -3.06. The molecule has 30 heavy (non-hydrogen) atoms. The number of carbonyl (C=O) groups excluding carboxylic acids is 1. The Bertz CT molecular complexity index is 995. The molecule has 0 saturated heterocycles. The molecule has 2 aromatic rings. The van der Waals surface area contributed by atoms with Gasteiger partial charge in [0.2, 0.25) is 0 Å². The van der Waals surface area contributed by atoms with E-state index in [2.05, 4.69) is 0 Å². The highest BCUT2D eigenvalue weighted by molar-refractivity contribution is 6.37. The topological polar surface area (TPSA) is 78.7 Å². The van der Waals surface area contributed by atoms with E-state index in [1.807, 2.05) is 0 Å². The van der Waals surface area contributed by atoms with E-state index in [0.29, 0.717) is 12.1 Å². The molecular formula is C19H14Cl2F3NO5. The van der Waals surface area contributed by atoms with Gasteiger partial charge in [0.05, 0.1) is 20.5 Å². The van der Waals surface area contributed by atoms with Crippen LogP contribution in [-0.2, 0) is 10.9 Å². The Balaban J connectivity index is 2.39. The molecule has 0 amide bonds. The molecule has 2 rings (SSSR count). The van der Waals surface area contributed by atoms with E-state index in [1.165, 1.54) is 0 Å². The van der Waals surface area contributed by atoms with Crippen LogP contribution in [0.2, 0.25) is 10.0 Å². The fourth-order valence-corrected chi connectivity index (χ4v) is 2.77. The summed E-state index contributed by atoms with van der Waals surface area (Å²) in [5.41, 5.74) is -1.13. The molecule has 0 spiro atoms. The van der Waals surface area contributed by atoms with Crippen LogP contribution in [-0.4, -0.2) is 17.5 Å². The number of nitro benzene ring substituents is 1. The minimum Gasteiger partial charge on any atom is -0.458 e. The predicted octanol–water partition coefficient (Wildman–Crippen LogP) is 6.84. The number of allylic oxidation sites excluding steroid dienone is 1. The van der Waals surface area contributed by atoms with E-state index in [4.69, 9.17) is 32.7 Å². The van der Waals surface area contributed by atoms with Crippen molar-refractivity contribution in [1.29, 1.82) is 0 Å². The van der Waals surface area contributed by atoms with Crippen molar-refractivity contribution >= 4 is 34.9 Å². The van der Waals surface area contributed by atoms with Crippen molar-refractivity contribution in [3.8, 4) is 11.5 Å². The number of hydrogen-bond acceptors (Lipinski definition) is 5. The molecule has 0 bridgehead atoms. The quantitative estimate of drug-likeness (QED) is 0.203. The lowest BCUT2D eigenvalue weighted by molar-refractivity contribution is -0.385. The van der Waals surface area contributed by atoms with E-state index in [-0.39, 0.29) is 18.1 Å². The lowest BCUT2D eigenvalue weighted by atomic mass is 10.1. The summed E-state index contributed by atoms with van der Waals surface area (Å²) in [6.45, 7) is 3.46. The predicted molar refractivity (Wildman–Crippen MR) is 104 cm³/mol. The highest BCUT2D eigenvalue weighted by Gasteiger charge is 2.32. The number of nitro groups is 1. The zero-order valence-electron chi connectivity index (χ0n) is 15.5. The Morgan fingerprint density at radius 2 is 1.77 bits per heavy atom. The molecule has 0 fully saturated rings. The number of alkyl halides is 3. The largest absolute Gasteiger partial charge is 0.458 e. The third-order valence-corrected chi connectivity index (χ3v) is 4.20. The summed E-state index contributed by atoms with van der Waals surface area (Å²) in [5, 5.41) is 10.4. The number of nitrogens with zero attached hydrogens (tertiary/aromatic N) is 1. The lowest BCUT2D eigenvalue weighted by Gasteiger charge is -2.13. The number of benzene rings is 2. The van der Waals surface area contributed by atoms with Gasteiger partial charge in [0.1, 0.15) is 17.9 Å². The molecule has 0 aliphatic rings. The Morgan fingerprint density at radius 1 is 1.17 bits per heavy atom.